The van der Waals surface area contributed by atoms with E-state index in [-0.39, 0.29) is 17.1 Å². The minimum atomic E-state index is -0.726. The Labute approximate surface area is 246 Å². The van der Waals surface area contributed by atoms with Crippen LogP contribution in [0.5, 0.6) is 11.5 Å². The normalized spacial score (nSPS) is 14.4. The van der Waals surface area contributed by atoms with E-state index in [2.05, 4.69) is 15.9 Å². The van der Waals surface area contributed by atoms with Gasteiger partial charge in [0, 0.05) is 10.2 Å². The van der Waals surface area contributed by atoms with Gasteiger partial charge in [0.05, 0.1) is 23.6 Å². The van der Waals surface area contributed by atoms with Gasteiger partial charge in [-0.3, -0.25) is 14.5 Å². The summed E-state index contributed by atoms with van der Waals surface area (Å²) < 4.78 is 19.1. The van der Waals surface area contributed by atoms with Crippen LogP contribution in [0.15, 0.2) is 98.6 Å². The van der Waals surface area contributed by atoms with Gasteiger partial charge in [0.1, 0.15) is 12.2 Å². The highest BCUT2D eigenvalue weighted by Crippen LogP contribution is 2.44. The van der Waals surface area contributed by atoms with Crippen LogP contribution in [0.2, 0.25) is 0 Å². The first-order valence-corrected chi connectivity index (χ1v) is 14.3. The zero-order valence-electron chi connectivity index (χ0n) is 22.9. The molecule has 5 aromatic rings. The summed E-state index contributed by atoms with van der Waals surface area (Å²) >= 11 is 3.53. The number of rotatable bonds is 7. The summed E-state index contributed by atoms with van der Waals surface area (Å²) in [6.45, 7) is 6.62. The van der Waals surface area contributed by atoms with E-state index in [1.54, 1.807) is 4.90 Å². The minimum absolute atomic E-state index is 0.0538. The number of hydrogen-bond acceptors (Lipinski definition) is 5. The molecule has 0 bridgehead atoms. The number of fused-ring (bicyclic) bond motifs is 2. The Bertz CT molecular complexity index is 1850. The third-order valence-electron chi connectivity index (χ3n) is 7.39. The maximum atomic E-state index is 14.1. The molecule has 1 aliphatic heterocycles. The zero-order chi connectivity index (χ0) is 28.7. The maximum absolute atomic E-state index is 14.1. The standard InChI is InChI=1S/C34H28BrNO5/c1-4-39-29-17-23(13-14-27(29)40-19-22-9-6-5-7-10-22)31-30-32(37)26-15-20(2)21(3)16-28(26)41-33(30)34(38)36(31)25-12-8-11-24(35)18-25/h5-18,31H,4,19H2,1-3H3. The lowest BCUT2D eigenvalue weighted by Crippen LogP contribution is -2.29. The third-order valence-corrected chi connectivity index (χ3v) is 7.89. The molecule has 0 N–H and O–H groups in total. The molecule has 7 heteroatoms. The molecule has 2 heterocycles. The van der Waals surface area contributed by atoms with Crippen molar-refractivity contribution in [2.45, 2.75) is 33.4 Å². The Kier molecular flexibility index (Phi) is 7.14. The van der Waals surface area contributed by atoms with Crippen LogP contribution in [-0.4, -0.2) is 12.5 Å². The molecule has 1 unspecified atom stereocenters. The number of anilines is 1. The van der Waals surface area contributed by atoms with Crippen LogP contribution in [0.25, 0.3) is 11.0 Å². The van der Waals surface area contributed by atoms with Crippen LogP contribution < -0.4 is 19.8 Å². The molecule has 4 aromatic carbocycles. The number of hydrogen-bond donors (Lipinski definition) is 0. The maximum Gasteiger partial charge on any atom is 0.295 e. The number of nitrogens with zero attached hydrogens (tertiary/aromatic N) is 1. The molecule has 6 nitrogen and oxygen atoms in total. The Morgan fingerprint density at radius 2 is 1.63 bits per heavy atom. The average molecular weight is 611 g/mol. The number of ether oxygens (including phenoxy) is 2. The van der Waals surface area contributed by atoms with Gasteiger partial charge in [0.15, 0.2) is 16.9 Å². The van der Waals surface area contributed by atoms with E-state index >= 15 is 0 Å². The van der Waals surface area contributed by atoms with E-state index in [1.165, 1.54) is 0 Å². The summed E-state index contributed by atoms with van der Waals surface area (Å²) in [6, 6.07) is 25.8. The summed E-state index contributed by atoms with van der Waals surface area (Å²) in [5, 5.41) is 0.452. The second-order valence-corrected chi connectivity index (χ2v) is 11.0. The predicted molar refractivity (Wildman–Crippen MR) is 163 cm³/mol. The number of carbonyl (C=O) groups is 1. The van der Waals surface area contributed by atoms with Crippen LogP contribution >= 0.6 is 15.9 Å². The van der Waals surface area contributed by atoms with Crippen molar-refractivity contribution < 1.29 is 18.7 Å². The van der Waals surface area contributed by atoms with E-state index < -0.39 is 6.04 Å². The largest absolute Gasteiger partial charge is 0.490 e. The summed E-state index contributed by atoms with van der Waals surface area (Å²) in [5.74, 6) is 0.795. The Balaban J connectivity index is 1.52. The van der Waals surface area contributed by atoms with E-state index in [1.807, 2.05) is 106 Å². The van der Waals surface area contributed by atoms with Crippen molar-refractivity contribution in [1.82, 2.24) is 0 Å². The molecule has 41 heavy (non-hydrogen) atoms. The smallest absolute Gasteiger partial charge is 0.295 e. The number of amides is 1. The van der Waals surface area contributed by atoms with Crippen LogP contribution in [-0.2, 0) is 6.61 Å². The van der Waals surface area contributed by atoms with Gasteiger partial charge in [-0.15, -0.1) is 0 Å². The lowest BCUT2D eigenvalue weighted by atomic mass is 9.97. The molecule has 0 saturated heterocycles. The highest BCUT2D eigenvalue weighted by molar-refractivity contribution is 9.10. The second kappa shape index (κ2) is 10.9. The SMILES string of the molecule is CCOc1cc(C2c3c(oc4cc(C)c(C)cc4c3=O)C(=O)N2c2cccc(Br)c2)ccc1OCc1ccccc1. The number of benzene rings is 4. The van der Waals surface area contributed by atoms with Crippen LogP contribution in [0.4, 0.5) is 5.69 Å². The highest BCUT2D eigenvalue weighted by Gasteiger charge is 2.44. The summed E-state index contributed by atoms with van der Waals surface area (Å²) in [6.07, 6.45) is 0. The Morgan fingerprint density at radius 3 is 2.39 bits per heavy atom. The van der Waals surface area contributed by atoms with Crippen molar-refractivity contribution in [3.05, 3.63) is 133 Å². The van der Waals surface area contributed by atoms with Crippen LogP contribution in [0.1, 0.15) is 51.3 Å². The van der Waals surface area contributed by atoms with Gasteiger partial charge in [0.2, 0.25) is 5.76 Å². The molecule has 1 aliphatic rings. The molecular weight excluding hydrogens is 582 g/mol. The van der Waals surface area contributed by atoms with Crippen molar-refractivity contribution in [1.29, 1.82) is 0 Å². The quantitative estimate of drug-likeness (QED) is 0.187. The first-order valence-electron chi connectivity index (χ1n) is 13.5. The van der Waals surface area contributed by atoms with Gasteiger partial charge in [-0.25, -0.2) is 0 Å². The lowest BCUT2D eigenvalue weighted by Gasteiger charge is -2.26. The van der Waals surface area contributed by atoms with Crippen LogP contribution in [0.3, 0.4) is 0 Å². The fraction of sp³-hybridized carbons (Fsp3) is 0.176. The minimum Gasteiger partial charge on any atom is -0.490 e. The fourth-order valence-corrected chi connectivity index (χ4v) is 5.64. The van der Waals surface area contributed by atoms with E-state index in [4.69, 9.17) is 13.9 Å². The molecular formula is C34H28BrNO5. The molecule has 6 rings (SSSR count). The van der Waals surface area contributed by atoms with Gasteiger partial charge in [-0.1, -0.05) is 58.4 Å². The molecule has 1 amide bonds. The first-order chi connectivity index (χ1) is 19.9. The Morgan fingerprint density at radius 1 is 0.854 bits per heavy atom. The van der Waals surface area contributed by atoms with E-state index in [9.17, 15) is 9.59 Å². The van der Waals surface area contributed by atoms with Gasteiger partial charge < -0.3 is 13.9 Å². The topological polar surface area (TPSA) is 69.0 Å². The van der Waals surface area contributed by atoms with Gasteiger partial charge in [0.25, 0.3) is 5.91 Å². The number of aryl methyl sites for hydroxylation is 2. The van der Waals surface area contributed by atoms with Crippen molar-refractivity contribution in [2.75, 3.05) is 11.5 Å². The molecule has 0 saturated carbocycles. The second-order valence-electron chi connectivity index (χ2n) is 10.1. The molecule has 1 aromatic heterocycles. The highest BCUT2D eigenvalue weighted by atomic mass is 79.9. The molecule has 0 radical (unpaired) electrons. The monoisotopic (exact) mass is 609 g/mol. The van der Waals surface area contributed by atoms with Gasteiger partial charge in [-0.2, -0.15) is 0 Å². The Hall–Kier alpha value is -4.36. The average Bonchev–Trinajstić information content (AvgIpc) is 3.26. The summed E-state index contributed by atoms with van der Waals surface area (Å²) in [4.78, 5) is 29.7. The first kappa shape index (κ1) is 26.8. The van der Waals surface area contributed by atoms with Gasteiger partial charge >= 0.3 is 0 Å². The van der Waals surface area contributed by atoms with E-state index in [0.29, 0.717) is 52.5 Å². The number of carbonyl (C=O) groups excluding carboxylic acids is 1. The van der Waals surface area contributed by atoms with Crippen molar-refractivity contribution in [3.63, 3.8) is 0 Å². The van der Waals surface area contributed by atoms with Crippen molar-refractivity contribution >= 4 is 38.5 Å². The fourth-order valence-electron chi connectivity index (χ4n) is 5.25. The number of halogens is 1. The molecule has 0 aliphatic carbocycles. The summed E-state index contributed by atoms with van der Waals surface area (Å²) in [5.41, 5.74) is 4.84. The summed E-state index contributed by atoms with van der Waals surface area (Å²) in [7, 11) is 0. The molecule has 0 spiro atoms. The molecule has 0 fully saturated rings. The molecule has 206 valence electrons. The lowest BCUT2D eigenvalue weighted by molar-refractivity contribution is 0.0971. The predicted octanol–water partition coefficient (Wildman–Crippen LogP) is 7.90. The van der Waals surface area contributed by atoms with Gasteiger partial charge in [-0.05, 0) is 85.5 Å². The molecule has 1 atom stereocenters. The zero-order valence-corrected chi connectivity index (χ0v) is 24.5. The van der Waals surface area contributed by atoms with Crippen LogP contribution in [0, 0.1) is 13.8 Å². The van der Waals surface area contributed by atoms with E-state index in [0.717, 1.165) is 21.2 Å². The van der Waals surface area contributed by atoms with Crippen molar-refractivity contribution in [2.24, 2.45) is 0 Å². The van der Waals surface area contributed by atoms with Crippen molar-refractivity contribution in [3.8, 4) is 11.5 Å². The third kappa shape index (κ3) is 4.91.